The Balaban J connectivity index is 2.07. The van der Waals surface area contributed by atoms with E-state index in [-0.39, 0.29) is 10.2 Å². The molecule has 0 atom stereocenters. The Bertz CT molecular complexity index is 963. The van der Waals surface area contributed by atoms with E-state index < -0.39 is 17.7 Å². The number of cyclic esters (lactones) is 1. The fourth-order valence-corrected chi connectivity index (χ4v) is 3.22. The van der Waals surface area contributed by atoms with Crippen LogP contribution in [0.15, 0.2) is 52.7 Å². The largest absolute Gasteiger partial charge is 0.496 e. The van der Waals surface area contributed by atoms with Gasteiger partial charge in [-0.1, -0.05) is 23.7 Å². The van der Waals surface area contributed by atoms with Crippen LogP contribution in [0.5, 0.6) is 5.75 Å². The summed E-state index contributed by atoms with van der Waals surface area (Å²) in [6, 6.07) is 9.40. The molecule has 3 rings (SSSR count). The Morgan fingerprint density at radius 1 is 1.15 bits per heavy atom. The number of esters is 1. The summed E-state index contributed by atoms with van der Waals surface area (Å²) in [4.78, 5) is 12.0. The third-order valence-electron chi connectivity index (χ3n) is 3.81. The number of allylic oxidation sites excluding steroid dienone is 1. The van der Waals surface area contributed by atoms with E-state index in [0.29, 0.717) is 27.5 Å². The van der Waals surface area contributed by atoms with E-state index in [9.17, 15) is 18.0 Å². The molecule has 1 heterocycles. The number of carbonyl (C=O) groups excluding carboxylic acids is 1. The van der Waals surface area contributed by atoms with Gasteiger partial charge in [-0.25, -0.2) is 4.79 Å². The molecule has 2 aromatic carbocycles. The molecule has 1 aliphatic heterocycles. The first-order valence-corrected chi connectivity index (χ1v) is 8.73. The lowest BCUT2D eigenvalue weighted by molar-refractivity contribution is -0.137. The van der Waals surface area contributed by atoms with Crippen LogP contribution >= 0.6 is 27.5 Å². The predicted octanol–water partition coefficient (Wildman–Crippen LogP) is 6.07. The van der Waals surface area contributed by atoms with E-state index in [1.807, 2.05) is 0 Å². The van der Waals surface area contributed by atoms with Gasteiger partial charge in [-0.15, -0.1) is 0 Å². The Labute approximate surface area is 166 Å². The molecular weight excluding hydrogens is 449 g/mol. The van der Waals surface area contributed by atoms with Gasteiger partial charge in [-0.3, -0.25) is 0 Å². The van der Waals surface area contributed by atoms with Gasteiger partial charge in [0.1, 0.15) is 16.0 Å². The number of carbonyl (C=O) groups is 1. The second-order valence-corrected chi connectivity index (χ2v) is 6.78. The molecule has 1 aliphatic rings. The number of hydrogen-bond acceptors (Lipinski definition) is 3. The molecule has 140 valence electrons. The number of rotatable bonds is 3. The lowest BCUT2D eigenvalue weighted by atomic mass is 10.0. The minimum Gasteiger partial charge on any atom is -0.496 e. The first-order chi connectivity index (χ1) is 12.7. The van der Waals surface area contributed by atoms with Crippen LogP contribution < -0.4 is 4.74 Å². The molecule has 0 aliphatic carbocycles. The van der Waals surface area contributed by atoms with Crippen molar-refractivity contribution >= 4 is 45.1 Å². The molecule has 0 fully saturated rings. The van der Waals surface area contributed by atoms with E-state index >= 15 is 0 Å². The summed E-state index contributed by atoms with van der Waals surface area (Å²) in [6.07, 6.45) is -2.95. The second-order valence-electron chi connectivity index (χ2n) is 5.55. The summed E-state index contributed by atoms with van der Waals surface area (Å²) in [5, 5.41) is 0.423. The maximum Gasteiger partial charge on any atom is 0.416 e. The zero-order valence-corrected chi connectivity index (χ0v) is 16.1. The van der Waals surface area contributed by atoms with E-state index in [2.05, 4.69) is 15.9 Å². The zero-order chi connectivity index (χ0) is 19.8. The van der Waals surface area contributed by atoms with E-state index in [4.69, 9.17) is 21.1 Å². The van der Waals surface area contributed by atoms with Crippen molar-refractivity contribution in [2.75, 3.05) is 7.11 Å². The Morgan fingerprint density at radius 3 is 2.41 bits per heavy atom. The van der Waals surface area contributed by atoms with Gasteiger partial charge in [-0.05, 0) is 57.9 Å². The van der Waals surface area contributed by atoms with Gasteiger partial charge in [0, 0.05) is 16.2 Å². The van der Waals surface area contributed by atoms with Crippen LogP contribution in [-0.2, 0) is 15.7 Å². The maximum atomic E-state index is 12.7. The summed E-state index contributed by atoms with van der Waals surface area (Å²) in [5.74, 6) is 0.0142. The lowest BCUT2D eigenvalue weighted by Crippen LogP contribution is -2.04. The van der Waals surface area contributed by atoms with Crippen LogP contribution in [0.25, 0.3) is 11.6 Å². The highest BCUT2D eigenvalue weighted by molar-refractivity contribution is 9.12. The van der Waals surface area contributed by atoms with Crippen molar-refractivity contribution < 1.29 is 27.4 Å². The van der Waals surface area contributed by atoms with Gasteiger partial charge >= 0.3 is 12.1 Å². The average Bonchev–Trinajstić information content (AvgIpc) is 2.88. The third kappa shape index (κ3) is 4.04. The van der Waals surface area contributed by atoms with Crippen molar-refractivity contribution in [3.05, 3.63) is 74.4 Å². The number of hydrogen-bond donors (Lipinski definition) is 0. The monoisotopic (exact) mass is 458 g/mol. The Morgan fingerprint density at radius 2 is 1.81 bits per heavy atom. The molecule has 8 heteroatoms. The molecule has 0 saturated carbocycles. The highest BCUT2D eigenvalue weighted by atomic mass is 79.9. The van der Waals surface area contributed by atoms with Gasteiger partial charge in [0.25, 0.3) is 0 Å². The molecule has 0 bridgehead atoms. The first-order valence-electron chi connectivity index (χ1n) is 7.56. The van der Waals surface area contributed by atoms with E-state index in [1.165, 1.54) is 25.3 Å². The van der Waals surface area contributed by atoms with Crippen LogP contribution in [0.3, 0.4) is 0 Å². The van der Waals surface area contributed by atoms with Crippen LogP contribution in [-0.4, -0.2) is 13.1 Å². The third-order valence-corrected chi connectivity index (χ3v) is 4.77. The van der Waals surface area contributed by atoms with Crippen molar-refractivity contribution in [2.45, 2.75) is 6.18 Å². The standard InChI is InChI=1S/C19H11BrClF3O3/c1-26-14-7-6-12(21)9-13(14)16-15(27-18(25)17(16)20)8-10-2-4-11(5-3-10)19(22,23)24/h2-9H,1H3/b15-8-. The minimum absolute atomic E-state index is 0.168. The van der Waals surface area contributed by atoms with Crippen LogP contribution in [0.4, 0.5) is 13.2 Å². The Hall–Kier alpha value is -2.25. The summed E-state index contributed by atoms with van der Waals surface area (Å²) in [5.41, 5.74) is 0.591. The summed E-state index contributed by atoms with van der Waals surface area (Å²) >= 11 is 9.26. The van der Waals surface area contributed by atoms with Crippen molar-refractivity contribution in [1.82, 2.24) is 0 Å². The quantitative estimate of drug-likeness (QED) is 0.523. The van der Waals surface area contributed by atoms with Gasteiger partial charge in [0.05, 0.1) is 12.7 Å². The maximum absolute atomic E-state index is 12.7. The highest BCUT2D eigenvalue weighted by Gasteiger charge is 2.32. The van der Waals surface area contributed by atoms with Crippen molar-refractivity contribution in [2.24, 2.45) is 0 Å². The van der Waals surface area contributed by atoms with Gasteiger partial charge in [0.15, 0.2) is 0 Å². The average molecular weight is 460 g/mol. The zero-order valence-electron chi connectivity index (χ0n) is 13.7. The van der Waals surface area contributed by atoms with E-state index in [1.54, 1.807) is 18.2 Å². The summed E-state index contributed by atoms with van der Waals surface area (Å²) in [7, 11) is 1.47. The summed E-state index contributed by atoms with van der Waals surface area (Å²) in [6.45, 7) is 0. The van der Waals surface area contributed by atoms with Crippen molar-refractivity contribution in [3.63, 3.8) is 0 Å². The van der Waals surface area contributed by atoms with E-state index in [0.717, 1.165) is 12.1 Å². The fraction of sp³-hybridized carbons (Fsp3) is 0.105. The highest BCUT2D eigenvalue weighted by Crippen LogP contribution is 2.43. The topological polar surface area (TPSA) is 35.5 Å². The summed E-state index contributed by atoms with van der Waals surface area (Å²) < 4.78 is 48.9. The molecule has 0 aromatic heterocycles. The van der Waals surface area contributed by atoms with Gasteiger partial charge in [0.2, 0.25) is 0 Å². The number of ether oxygens (including phenoxy) is 2. The van der Waals surface area contributed by atoms with Crippen molar-refractivity contribution in [3.8, 4) is 5.75 Å². The van der Waals surface area contributed by atoms with Crippen LogP contribution in [0.1, 0.15) is 16.7 Å². The van der Waals surface area contributed by atoms with Crippen LogP contribution in [0.2, 0.25) is 5.02 Å². The molecule has 0 amide bonds. The molecule has 0 N–H and O–H groups in total. The predicted molar refractivity (Wildman–Crippen MR) is 99.4 cm³/mol. The molecule has 0 spiro atoms. The molecule has 0 unspecified atom stereocenters. The number of benzene rings is 2. The molecule has 0 radical (unpaired) electrons. The first kappa shape index (κ1) is 19.5. The molecule has 2 aromatic rings. The smallest absolute Gasteiger partial charge is 0.416 e. The fourth-order valence-electron chi connectivity index (χ4n) is 2.55. The SMILES string of the molecule is COc1ccc(Cl)cc1C1=C(Br)C(=O)O/C1=C\c1ccc(C(F)(F)F)cc1. The second kappa shape index (κ2) is 7.40. The normalized spacial score (nSPS) is 16.1. The van der Waals surface area contributed by atoms with Gasteiger partial charge in [-0.2, -0.15) is 13.2 Å². The molecular formula is C19H11BrClF3O3. The molecule has 0 saturated heterocycles. The number of methoxy groups -OCH3 is 1. The minimum atomic E-state index is -4.42. The lowest BCUT2D eigenvalue weighted by Gasteiger charge is -2.11. The molecule has 27 heavy (non-hydrogen) atoms. The number of alkyl halides is 3. The van der Waals surface area contributed by atoms with Crippen LogP contribution in [0, 0.1) is 0 Å². The number of halogens is 5. The Kier molecular flexibility index (Phi) is 5.35. The molecule has 3 nitrogen and oxygen atoms in total. The van der Waals surface area contributed by atoms with Crippen molar-refractivity contribution in [1.29, 1.82) is 0 Å². The van der Waals surface area contributed by atoms with Gasteiger partial charge < -0.3 is 9.47 Å².